The van der Waals surface area contributed by atoms with Crippen molar-refractivity contribution in [3.05, 3.63) is 34.9 Å². The molecule has 2 atom stereocenters. The van der Waals surface area contributed by atoms with Crippen LogP contribution in [0, 0.1) is 0 Å². The largest absolute Gasteiger partial charge is 0.468 e. The number of hydrogen-bond acceptors (Lipinski definition) is 4. The Morgan fingerprint density at radius 3 is 2.57 bits per heavy atom. The van der Waals surface area contributed by atoms with Crippen LogP contribution in [0.15, 0.2) is 24.3 Å². The molecule has 1 aromatic rings. The van der Waals surface area contributed by atoms with Crippen molar-refractivity contribution in [2.75, 3.05) is 13.7 Å². The lowest BCUT2D eigenvalue weighted by molar-refractivity contribution is -0.148. The summed E-state index contributed by atoms with van der Waals surface area (Å²) in [5, 5.41) is 4.33. The van der Waals surface area contributed by atoms with Crippen molar-refractivity contribution < 1.29 is 9.53 Å². The van der Waals surface area contributed by atoms with Crippen LogP contribution in [0.5, 0.6) is 0 Å². The first-order chi connectivity index (χ1) is 9.91. The highest BCUT2D eigenvalue weighted by Crippen LogP contribution is 2.26. The Morgan fingerprint density at radius 1 is 1.43 bits per heavy atom. The second kappa shape index (κ2) is 8.66. The molecule has 0 heterocycles. The molecule has 3 nitrogen and oxygen atoms in total. The first-order valence-corrected chi connectivity index (χ1v) is 8.53. The van der Waals surface area contributed by atoms with Gasteiger partial charge >= 0.3 is 5.97 Å². The predicted molar refractivity (Wildman–Crippen MR) is 90.9 cm³/mol. The molecule has 0 aliphatic heterocycles. The molecule has 1 N–H and O–H groups in total. The average Bonchev–Trinajstić information content (AvgIpc) is 2.46. The first-order valence-electron chi connectivity index (χ1n) is 7.10. The Hall–Kier alpha value is -0.710. The number of ether oxygens (including phenoxy) is 1. The summed E-state index contributed by atoms with van der Waals surface area (Å²) in [5.41, 5.74) is 0.607. The summed E-state index contributed by atoms with van der Waals surface area (Å²) in [7, 11) is 1.43. The molecule has 0 aromatic heterocycles. The summed E-state index contributed by atoms with van der Waals surface area (Å²) in [6.45, 7) is 6.77. The Balaban J connectivity index is 2.55. The fourth-order valence-electron chi connectivity index (χ4n) is 2.30. The molecule has 0 saturated carbocycles. The van der Waals surface area contributed by atoms with Gasteiger partial charge < -0.3 is 10.1 Å². The molecule has 0 bridgehead atoms. The molecule has 1 aromatic carbocycles. The van der Waals surface area contributed by atoms with E-state index in [9.17, 15) is 4.79 Å². The van der Waals surface area contributed by atoms with Gasteiger partial charge in [-0.1, -0.05) is 37.6 Å². The van der Waals surface area contributed by atoms with E-state index in [4.69, 9.17) is 16.3 Å². The van der Waals surface area contributed by atoms with Gasteiger partial charge in [-0.2, -0.15) is 11.8 Å². The van der Waals surface area contributed by atoms with Gasteiger partial charge in [0.25, 0.3) is 0 Å². The smallest absolute Gasteiger partial charge is 0.325 e. The number of carbonyl (C=O) groups excluding carboxylic acids is 1. The fourth-order valence-corrected chi connectivity index (χ4v) is 3.54. The number of benzene rings is 1. The molecule has 0 radical (unpaired) electrons. The number of methoxy groups -OCH3 is 1. The summed E-state index contributed by atoms with van der Waals surface area (Å²) in [6.07, 6.45) is 0.728. The molecule has 0 amide bonds. The van der Waals surface area contributed by atoms with Crippen molar-refractivity contribution in [2.24, 2.45) is 0 Å². The molecule has 2 unspecified atom stereocenters. The van der Waals surface area contributed by atoms with E-state index in [0.29, 0.717) is 5.25 Å². The van der Waals surface area contributed by atoms with Crippen LogP contribution < -0.4 is 5.32 Å². The minimum Gasteiger partial charge on any atom is -0.468 e. The number of carbonyl (C=O) groups is 1. The Bertz CT molecular complexity index is 452. The molecule has 21 heavy (non-hydrogen) atoms. The Morgan fingerprint density at radius 2 is 2.05 bits per heavy atom. The van der Waals surface area contributed by atoms with Gasteiger partial charge in [0.15, 0.2) is 0 Å². The molecular formula is C16H24ClNO2S. The number of hydrogen-bond donors (Lipinski definition) is 1. The minimum absolute atomic E-state index is 0.205. The lowest BCUT2D eigenvalue weighted by Crippen LogP contribution is -2.51. The molecule has 0 spiro atoms. The molecule has 118 valence electrons. The maximum Gasteiger partial charge on any atom is 0.325 e. The number of likely N-dealkylation sites (N-methyl/N-ethyl adjacent to an activating group) is 1. The van der Waals surface area contributed by atoms with Crippen molar-refractivity contribution in [1.82, 2.24) is 5.32 Å². The quantitative estimate of drug-likeness (QED) is 0.734. The van der Waals surface area contributed by atoms with Gasteiger partial charge in [0.05, 0.1) is 7.11 Å². The van der Waals surface area contributed by atoms with Gasteiger partial charge in [-0.3, -0.25) is 4.79 Å². The SMILES string of the molecule is CCNC(C)(CC(C)SCc1ccc(Cl)cc1)C(=O)OC. The predicted octanol–water partition coefficient (Wildman–Crippen LogP) is 3.89. The molecule has 0 fully saturated rings. The molecule has 5 heteroatoms. The summed E-state index contributed by atoms with van der Waals surface area (Å²) < 4.78 is 4.92. The number of rotatable bonds is 8. The van der Waals surface area contributed by atoms with Crippen LogP contribution in [0.25, 0.3) is 0 Å². The van der Waals surface area contributed by atoms with Crippen molar-refractivity contribution >= 4 is 29.3 Å². The third kappa shape index (κ3) is 5.89. The maximum absolute atomic E-state index is 12.0. The van der Waals surface area contributed by atoms with Crippen LogP contribution in [-0.4, -0.2) is 30.4 Å². The van der Waals surface area contributed by atoms with Crippen LogP contribution in [0.1, 0.15) is 32.8 Å². The van der Waals surface area contributed by atoms with Gasteiger partial charge in [-0.25, -0.2) is 0 Å². The van der Waals surface area contributed by atoms with E-state index >= 15 is 0 Å². The number of halogens is 1. The van der Waals surface area contributed by atoms with Crippen LogP contribution in [-0.2, 0) is 15.3 Å². The monoisotopic (exact) mass is 329 g/mol. The molecule has 0 aliphatic rings. The summed E-state index contributed by atoms with van der Waals surface area (Å²) in [4.78, 5) is 12.0. The summed E-state index contributed by atoms with van der Waals surface area (Å²) in [6, 6.07) is 7.87. The summed E-state index contributed by atoms with van der Waals surface area (Å²) in [5.74, 6) is 0.699. The number of thioether (sulfide) groups is 1. The highest BCUT2D eigenvalue weighted by Gasteiger charge is 2.34. The van der Waals surface area contributed by atoms with E-state index in [-0.39, 0.29) is 5.97 Å². The van der Waals surface area contributed by atoms with Crippen molar-refractivity contribution in [3.63, 3.8) is 0 Å². The third-order valence-electron chi connectivity index (χ3n) is 3.35. The van der Waals surface area contributed by atoms with Crippen LogP contribution >= 0.6 is 23.4 Å². The second-order valence-corrected chi connectivity index (χ2v) is 7.17. The molecular weight excluding hydrogens is 306 g/mol. The molecule has 0 saturated heterocycles. The topological polar surface area (TPSA) is 38.3 Å². The third-order valence-corrected chi connectivity index (χ3v) is 4.83. The number of nitrogens with one attached hydrogen (secondary N) is 1. The van der Waals surface area contributed by atoms with E-state index < -0.39 is 5.54 Å². The van der Waals surface area contributed by atoms with E-state index in [2.05, 4.69) is 12.2 Å². The van der Waals surface area contributed by atoms with Crippen LogP contribution in [0.2, 0.25) is 5.02 Å². The van der Waals surface area contributed by atoms with Crippen LogP contribution in [0.4, 0.5) is 0 Å². The van der Waals surface area contributed by atoms with Gasteiger partial charge in [-0.15, -0.1) is 0 Å². The first kappa shape index (κ1) is 18.3. The van der Waals surface area contributed by atoms with Crippen molar-refractivity contribution in [1.29, 1.82) is 0 Å². The lowest BCUT2D eigenvalue weighted by atomic mass is 9.96. The zero-order valence-electron chi connectivity index (χ0n) is 13.1. The molecule has 1 rings (SSSR count). The number of esters is 1. The van der Waals surface area contributed by atoms with Gasteiger partial charge in [0.2, 0.25) is 0 Å². The highest BCUT2D eigenvalue weighted by atomic mass is 35.5. The normalized spacial score (nSPS) is 15.3. The second-order valence-electron chi connectivity index (χ2n) is 5.31. The lowest BCUT2D eigenvalue weighted by Gasteiger charge is -2.30. The van der Waals surface area contributed by atoms with E-state index in [1.807, 2.05) is 49.9 Å². The maximum atomic E-state index is 12.0. The minimum atomic E-state index is -0.629. The van der Waals surface area contributed by atoms with Gasteiger partial charge in [0.1, 0.15) is 5.54 Å². The zero-order chi connectivity index (χ0) is 15.9. The van der Waals surface area contributed by atoms with Crippen LogP contribution in [0.3, 0.4) is 0 Å². The summed E-state index contributed by atoms with van der Waals surface area (Å²) >= 11 is 7.71. The Labute approximate surface area is 136 Å². The zero-order valence-corrected chi connectivity index (χ0v) is 14.7. The van der Waals surface area contributed by atoms with E-state index in [1.54, 1.807) is 0 Å². The van der Waals surface area contributed by atoms with E-state index in [1.165, 1.54) is 12.7 Å². The van der Waals surface area contributed by atoms with E-state index in [0.717, 1.165) is 23.7 Å². The van der Waals surface area contributed by atoms with Crippen molar-refractivity contribution in [3.8, 4) is 0 Å². The highest BCUT2D eigenvalue weighted by molar-refractivity contribution is 7.99. The van der Waals surface area contributed by atoms with Gasteiger partial charge in [-0.05, 0) is 37.6 Å². The molecule has 0 aliphatic carbocycles. The van der Waals surface area contributed by atoms with Crippen molar-refractivity contribution in [2.45, 2.75) is 43.7 Å². The Kier molecular flexibility index (Phi) is 7.57. The standard InChI is InChI=1S/C16H24ClNO2S/c1-5-18-16(3,15(19)20-4)10-12(2)21-11-13-6-8-14(17)9-7-13/h6-9,12,18H,5,10-11H2,1-4H3. The van der Waals surface area contributed by atoms with Gasteiger partial charge in [0, 0.05) is 16.0 Å². The fraction of sp³-hybridized carbons (Fsp3) is 0.562. The average molecular weight is 330 g/mol.